The molecular weight excluding hydrogens is 420 g/mol. The lowest BCUT2D eigenvalue weighted by Crippen LogP contribution is -2.30. The summed E-state index contributed by atoms with van der Waals surface area (Å²) >= 11 is 6.37. The molecule has 3 N–H and O–H groups in total. The molecule has 0 aliphatic rings. The van der Waals surface area contributed by atoms with Gasteiger partial charge in [0, 0.05) is 11.3 Å². The smallest absolute Gasteiger partial charge is 0.343 e. The normalized spacial score (nSPS) is 11.6. The molecular formula is C22H21ClN4O4. The summed E-state index contributed by atoms with van der Waals surface area (Å²) in [5.41, 5.74) is 7.43. The maximum Gasteiger partial charge on any atom is 0.343 e. The van der Waals surface area contributed by atoms with Crippen molar-refractivity contribution in [3.63, 3.8) is 0 Å². The van der Waals surface area contributed by atoms with Gasteiger partial charge in [0.2, 0.25) is 5.91 Å². The van der Waals surface area contributed by atoms with Gasteiger partial charge in [-0.15, -0.1) is 0 Å². The fraction of sp³-hybridized carbons (Fsp3) is 0.182. The zero-order chi connectivity index (χ0) is 22.5. The maximum atomic E-state index is 12.6. The molecule has 0 aliphatic heterocycles. The number of hydrogen-bond donors (Lipinski definition) is 2. The quantitative estimate of drug-likeness (QED) is 0.547. The van der Waals surface area contributed by atoms with E-state index in [1.807, 2.05) is 30.3 Å². The Hall–Kier alpha value is -3.65. The van der Waals surface area contributed by atoms with E-state index >= 15 is 0 Å². The number of nitrogens with one attached hydrogen (secondary N) is 1. The van der Waals surface area contributed by atoms with Crippen LogP contribution in [0, 0.1) is 6.92 Å². The second kappa shape index (κ2) is 9.44. The Kier molecular flexibility index (Phi) is 6.71. The van der Waals surface area contributed by atoms with Crippen molar-refractivity contribution in [1.82, 2.24) is 9.78 Å². The third-order valence-corrected chi connectivity index (χ3v) is 4.92. The van der Waals surface area contributed by atoms with E-state index in [-0.39, 0.29) is 10.7 Å². The molecule has 1 heterocycles. The zero-order valence-corrected chi connectivity index (χ0v) is 17.7. The molecule has 0 saturated carbocycles. The second-order valence-corrected chi connectivity index (χ2v) is 7.23. The summed E-state index contributed by atoms with van der Waals surface area (Å²) in [6.45, 7) is 3.49. The second-order valence-electron chi connectivity index (χ2n) is 6.87. The van der Waals surface area contributed by atoms with E-state index in [4.69, 9.17) is 22.1 Å². The molecule has 9 heteroatoms. The fourth-order valence-corrected chi connectivity index (χ4v) is 3.19. The van der Waals surface area contributed by atoms with E-state index in [0.29, 0.717) is 23.5 Å². The minimum Gasteiger partial charge on any atom is -0.449 e. The van der Waals surface area contributed by atoms with Gasteiger partial charge >= 0.3 is 5.97 Å². The number of aryl methyl sites for hydroxylation is 1. The first-order chi connectivity index (χ1) is 14.8. The predicted molar refractivity (Wildman–Crippen MR) is 116 cm³/mol. The first-order valence-electron chi connectivity index (χ1n) is 9.44. The van der Waals surface area contributed by atoms with Crippen LogP contribution in [0.25, 0.3) is 0 Å². The van der Waals surface area contributed by atoms with Crippen molar-refractivity contribution in [1.29, 1.82) is 0 Å². The van der Waals surface area contributed by atoms with Gasteiger partial charge in [0.05, 0.1) is 12.2 Å². The summed E-state index contributed by atoms with van der Waals surface area (Å²) in [7, 11) is 0. The van der Waals surface area contributed by atoms with Gasteiger partial charge in [-0.2, -0.15) is 5.10 Å². The summed E-state index contributed by atoms with van der Waals surface area (Å²) in [5.74, 6) is -1.85. The van der Waals surface area contributed by atoms with Crippen molar-refractivity contribution in [2.24, 2.45) is 5.73 Å². The summed E-state index contributed by atoms with van der Waals surface area (Å²) in [6, 6.07) is 15.6. The largest absolute Gasteiger partial charge is 0.449 e. The predicted octanol–water partition coefficient (Wildman–Crippen LogP) is 3.18. The van der Waals surface area contributed by atoms with Crippen molar-refractivity contribution in [3.05, 3.63) is 82.1 Å². The maximum absolute atomic E-state index is 12.6. The summed E-state index contributed by atoms with van der Waals surface area (Å²) < 4.78 is 6.80. The lowest BCUT2D eigenvalue weighted by molar-refractivity contribution is -0.123. The van der Waals surface area contributed by atoms with Crippen LogP contribution in [0.5, 0.6) is 0 Å². The Morgan fingerprint density at radius 2 is 1.77 bits per heavy atom. The molecule has 0 bridgehead atoms. The van der Waals surface area contributed by atoms with Crippen LogP contribution in [0.4, 0.5) is 5.69 Å². The molecule has 8 nitrogen and oxygen atoms in total. The lowest BCUT2D eigenvalue weighted by atomic mass is 10.2. The lowest BCUT2D eigenvalue weighted by Gasteiger charge is -2.13. The zero-order valence-electron chi connectivity index (χ0n) is 17.0. The highest BCUT2D eigenvalue weighted by molar-refractivity contribution is 6.32. The van der Waals surface area contributed by atoms with Crippen LogP contribution in [0.1, 0.15) is 38.9 Å². The van der Waals surface area contributed by atoms with Gasteiger partial charge in [-0.3, -0.25) is 9.59 Å². The minimum atomic E-state index is -1.09. The monoisotopic (exact) mass is 440 g/mol. The Morgan fingerprint density at radius 3 is 2.39 bits per heavy atom. The number of amides is 2. The first-order valence-corrected chi connectivity index (χ1v) is 9.82. The van der Waals surface area contributed by atoms with Crippen molar-refractivity contribution in [3.8, 4) is 0 Å². The Bertz CT molecular complexity index is 1110. The highest BCUT2D eigenvalue weighted by Gasteiger charge is 2.26. The molecule has 1 unspecified atom stereocenters. The van der Waals surface area contributed by atoms with E-state index in [1.54, 1.807) is 6.92 Å². The number of primary amides is 1. The number of nitrogens with zero attached hydrogens (tertiary/aromatic N) is 2. The van der Waals surface area contributed by atoms with E-state index in [2.05, 4.69) is 10.4 Å². The van der Waals surface area contributed by atoms with E-state index < -0.39 is 23.9 Å². The minimum absolute atomic E-state index is 0.114. The highest BCUT2D eigenvalue weighted by atomic mass is 35.5. The van der Waals surface area contributed by atoms with Crippen molar-refractivity contribution >= 4 is 35.1 Å². The van der Waals surface area contributed by atoms with Crippen LogP contribution in [0.3, 0.4) is 0 Å². The molecule has 0 fully saturated rings. The van der Waals surface area contributed by atoms with Crippen LogP contribution < -0.4 is 11.1 Å². The number of esters is 1. The molecule has 2 amide bonds. The van der Waals surface area contributed by atoms with Crippen molar-refractivity contribution < 1.29 is 19.1 Å². The molecule has 0 saturated heterocycles. The number of nitrogens with two attached hydrogens (primary N) is 1. The van der Waals surface area contributed by atoms with Crippen LogP contribution in [-0.4, -0.2) is 33.7 Å². The van der Waals surface area contributed by atoms with Crippen molar-refractivity contribution in [2.75, 3.05) is 5.32 Å². The van der Waals surface area contributed by atoms with Gasteiger partial charge in [-0.05, 0) is 43.7 Å². The number of hydrogen-bond acceptors (Lipinski definition) is 5. The molecule has 0 radical (unpaired) electrons. The van der Waals surface area contributed by atoms with E-state index in [0.717, 1.165) is 5.56 Å². The number of anilines is 1. The summed E-state index contributed by atoms with van der Waals surface area (Å²) in [6.07, 6.45) is -1.09. The molecule has 160 valence electrons. The molecule has 2 aromatic carbocycles. The average Bonchev–Trinajstić information content (AvgIpc) is 3.02. The molecule has 3 rings (SSSR count). The Balaban J connectivity index is 1.66. The number of carbonyl (C=O) groups excluding carboxylic acids is 3. The number of aromatic nitrogens is 2. The Morgan fingerprint density at radius 1 is 1.13 bits per heavy atom. The van der Waals surface area contributed by atoms with E-state index in [1.165, 1.54) is 35.9 Å². The van der Waals surface area contributed by atoms with Gasteiger partial charge in [0.25, 0.3) is 5.91 Å². The standard InChI is InChI=1S/C22H21ClN4O4/c1-13-18(19(23)27(26-13)12-15-6-4-3-5-7-15)22(30)31-14(2)21(29)25-17-10-8-16(9-11-17)20(24)28/h3-11,14H,12H2,1-2H3,(H2,24,28)(H,25,29). The van der Waals surface area contributed by atoms with Gasteiger partial charge in [-0.25, -0.2) is 9.48 Å². The van der Waals surface area contributed by atoms with Crippen LogP contribution in [-0.2, 0) is 16.1 Å². The number of ether oxygens (including phenoxy) is 1. The SMILES string of the molecule is Cc1nn(Cc2ccccc2)c(Cl)c1C(=O)OC(C)C(=O)Nc1ccc(C(N)=O)cc1. The summed E-state index contributed by atoms with van der Waals surface area (Å²) in [5, 5.41) is 7.06. The summed E-state index contributed by atoms with van der Waals surface area (Å²) in [4.78, 5) is 36.1. The molecule has 3 aromatic rings. The van der Waals surface area contributed by atoms with Crippen LogP contribution in [0.2, 0.25) is 5.15 Å². The first kappa shape index (κ1) is 22.0. The van der Waals surface area contributed by atoms with Crippen LogP contribution in [0.15, 0.2) is 54.6 Å². The average molecular weight is 441 g/mol. The van der Waals surface area contributed by atoms with Gasteiger partial charge in [-0.1, -0.05) is 41.9 Å². The highest BCUT2D eigenvalue weighted by Crippen LogP contribution is 2.22. The number of rotatable bonds is 7. The van der Waals surface area contributed by atoms with Gasteiger partial charge in [0.1, 0.15) is 10.7 Å². The molecule has 1 aromatic heterocycles. The fourth-order valence-electron chi connectivity index (χ4n) is 2.88. The molecule has 0 spiro atoms. The molecule has 1 atom stereocenters. The molecule has 0 aliphatic carbocycles. The third-order valence-electron chi connectivity index (χ3n) is 4.53. The topological polar surface area (TPSA) is 116 Å². The number of halogens is 1. The Labute approximate surface area is 183 Å². The number of carbonyl (C=O) groups is 3. The van der Waals surface area contributed by atoms with Crippen LogP contribution >= 0.6 is 11.6 Å². The van der Waals surface area contributed by atoms with Crippen molar-refractivity contribution in [2.45, 2.75) is 26.5 Å². The number of benzene rings is 2. The van der Waals surface area contributed by atoms with Gasteiger partial charge in [0.15, 0.2) is 6.10 Å². The molecule has 31 heavy (non-hydrogen) atoms. The third kappa shape index (κ3) is 5.29. The van der Waals surface area contributed by atoms with E-state index in [9.17, 15) is 14.4 Å². The van der Waals surface area contributed by atoms with Gasteiger partial charge < -0.3 is 15.8 Å².